The molecule has 0 bridgehead atoms. The Morgan fingerprint density at radius 1 is 1.25 bits per heavy atom. The molecule has 0 saturated heterocycles. The largest absolute Gasteiger partial charge is 0.494 e. The number of benzene rings is 1. The Hall–Kier alpha value is -1.69. The van der Waals surface area contributed by atoms with Crippen LogP contribution in [0.1, 0.15) is 32.4 Å². The highest BCUT2D eigenvalue weighted by Gasteiger charge is 2.12. The van der Waals surface area contributed by atoms with Crippen molar-refractivity contribution in [2.24, 2.45) is 0 Å². The van der Waals surface area contributed by atoms with Gasteiger partial charge in [-0.25, -0.2) is 0 Å². The fourth-order valence-electron chi connectivity index (χ4n) is 1.87. The number of thioether (sulfide) groups is 1. The number of nitrogens with zero attached hydrogens (tertiary/aromatic N) is 3. The number of nitrogen functional groups attached to an aromatic ring is 1. The predicted octanol–water partition coefficient (Wildman–Crippen LogP) is 3.13. The molecule has 0 spiro atoms. The van der Waals surface area contributed by atoms with Crippen molar-refractivity contribution in [1.29, 1.82) is 0 Å². The Labute approximate surface area is 123 Å². The summed E-state index contributed by atoms with van der Waals surface area (Å²) in [7, 11) is 0. The third-order valence-corrected chi connectivity index (χ3v) is 3.82. The molecular weight excluding hydrogens is 272 g/mol. The molecule has 0 aliphatic rings. The number of hydrogen-bond acceptors (Lipinski definition) is 5. The third kappa shape index (κ3) is 3.45. The minimum absolute atomic E-state index is 0.257. The van der Waals surface area contributed by atoms with E-state index in [-0.39, 0.29) is 6.04 Å². The highest BCUT2D eigenvalue weighted by molar-refractivity contribution is 7.98. The Kier molecular flexibility index (Phi) is 4.89. The van der Waals surface area contributed by atoms with Gasteiger partial charge < -0.3 is 10.5 Å². The molecule has 5 nitrogen and oxygen atoms in total. The second kappa shape index (κ2) is 6.65. The summed E-state index contributed by atoms with van der Waals surface area (Å²) in [4.78, 5) is 0. The van der Waals surface area contributed by atoms with E-state index in [1.807, 2.05) is 23.6 Å². The van der Waals surface area contributed by atoms with Crippen LogP contribution in [0.15, 0.2) is 29.4 Å². The van der Waals surface area contributed by atoms with E-state index in [1.54, 1.807) is 11.8 Å². The SMILES string of the molecule is CCOc1ccc(CSc2nnc(N)n2C(C)C)cc1. The number of rotatable bonds is 6. The summed E-state index contributed by atoms with van der Waals surface area (Å²) in [5.41, 5.74) is 7.04. The number of nitrogens with two attached hydrogens (primary N) is 1. The van der Waals surface area contributed by atoms with Gasteiger partial charge in [0, 0.05) is 11.8 Å². The average molecular weight is 292 g/mol. The van der Waals surface area contributed by atoms with Gasteiger partial charge >= 0.3 is 0 Å². The third-order valence-electron chi connectivity index (χ3n) is 2.81. The van der Waals surface area contributed by atoms with Gasteiger partial charge in [0.1, 0.15) is 5.75 Å². The highest BCUT2D eigenvalue weighted by Crippen LogP contribution is 2.26. The number of hydrogen-bond donors (Lipinski definition) is 1. The zero-order chi connectivity index (χ0) is 14.5. The smallest absolute Gasteiger partial charge is 0.222 e. The molecule has 2 N–H and O–H groups in total. The van der Waals surface area contributed by atoms with Crippen molar-refractivity contribution in [3.05, 3.63) is 29.8 Å². The zero-order valence-electron chi connectivity index (χ0n) is 12.0. The first-order valence-electron chi connectivity index (χ1n) is 6.66. The predicted molar refractivity (Wildman–Crippen MR) is 82.0 cm³/mol. The van der Waals surface area contributed by atoms with Crippen LogP contribution in [0, 0.1) is 0 Å². The molecule has 0 atom stereocenters. The van der Waals surface area contributed by atoms with Crippen LogP contribution in [0.25, 0.3) is 0 Å². The number of aromatic nitrogens is 3. The lowest BCUT2D eigenvalue weighted by atomic mass is 10.2. The van der Waals surface area contributed by atoms with Crippen LogP contribution in [-0.2, 0) is 5.75 Å². The molecule has 0 fully saturated rings. The molecule has 0 aliphatic carbocycles. The van der Waals surface area contributed by atoms with Crippen LogP contribution < -0.4 is 10.5 Å². The maximum Gasteiger partial charge on any atom is 0.222 e. The molecule has 1 aromatic heterocycles. The summed E-state index contributed by atoms with van der Waals surface area (Å²) in [6, 6.07) is 8.37. The quantitative estimate of drug-likeness (QED) is 0.829. The molecule has 1 heterocycles. The summed E-state index contributed by atoms with van der Waals surface area (Å²) in [6.45, 7) is 6.80. The van der Waals surface area contributed by atoms with Gasteiger partial charge in [-0.2, -0.15) is 0 Å². The van der Waals surface area contributed by atoms with Crippen LogP contribution in [0.3, 0.4) is 0 Å². The molecule has 2 aromatic rings. The molecular formula is C14H20N4OS. The second-order valence-electron chi connectivity index (χ2n) is 4.67. The van der Waals surface area contributed by atoms with Crippen LogP contribution in [-0.4, -0.2) is 21.4 Å². The summed E-state index contributed by atoms with van der Waals surface area (Å²) < 4.78 is 7.37. The van der Waals surface area contributed by atoms with Crippen molar-refractivity contribution in [1.82, 2.24) is 14.8 Å². The molecule has 0 amide bonds. The van der Waals surface area contributed by atoms with Crippen LogP contribution in [0.2, 0.25) is 0 Å². The van der Waals surface area contributed by atoms with Crippen molar-refractivity contribution in [3.8, 4) is 5.75 Å². The fraction of sp³-hybridized carbons (Fsp3) is 0.429. The van der Waals surface area contributed by atoms with Gasteiger partial charge in [0.25, 0.3) is 0 Å². The summed E-state index contributed by atoms with van der Waals surface area (Å²) in [5, 5.41) is 8.92. The van der Waals surface area contributed by atoms with Gasteiger partial charge in [0.05, 0.1) is 6.61 Å². The number of anilines is 1. The van der Waals surface area contributed by atoms with E-state index in [2.05, 4.69) is 36.2 Å². The first-order chi connectivity index (χ1) is 9.61. The number of ether oxygens (including phenoxy) is 1. The average Bonchev–Trinajstić information content (AvgIpc) is 2.79. The molecule has 0 saturated carbocycles. The Balaban J connectivity index is 2.01. The van der Waals surface area contributed by atoms with Gasteiger partial charge in [0.15, 0.2) is 5.16 Å². The Bertz CT molecular complexity index is 551. The van der Waals surface area contributed by atoms with E-state index < -0.39 is 0 Å². The maximum absolute atomic E-state index is 5.82. The highest BCUT2D eigenvalue weighted by atomic mass is 32.2. The van der Waals surface area contributed by atoms with Crippen molar-refractivity contribution >= 4 is 17.7 Å². The molecule has 0 aliphatic heterocycles. The van der Waals surface area contributed by atoms with Gasteiger partial charge in [-0.3, -0.25) is 4.57 Å². The van der Waals surface area contributed by atoms with E-state index in [0.717, 1.165) is 16.7 Å². The van der Waals surface area contributed by atoms with E-state index in [0.29, 0.717) is 12.6 Å². The van der Waals surface area contributed by atoms with Crippen LogP contribution >= 0.6 is 11.8 Å². The molecule has 2 rings (SSSR count). The summed E-state index contributed by atoms with van der Waals surface area (Å²) in [5.74, 6) is 2.20. The lowest BCUT2D eigenvalue weighted by molar-refractivity contribution is 0.340. The monoisotopic (exact) mass is 292 g/mol. The van der Waals surface area contributed by atoms with Crippen molar-refractivity contribution < 1.29 is 4.74 Å². The lowest BCUT2D eigenvalue weighted by Gasteiger charge is -2.11. The molecule has 20 heavy (non-hydrogen) atoms. The normalized spacial score (nSPS) is 11.0. The van der Waals surface area contributed by atoms with Crippen LogP contribution in [0.5, 0.6) is 5.75 Å². The first-order valence-corrected chi connectivity index (χ1v) is 7.65. The van der Waals surface area contributed by atoms with Crippen molar-refractivity contribution in [2.75, 3.05) is 12.3 Å². The molecule has 0 radical (unpaired) electrons. The lowest BCUT2D eigenvalue weighted by Crippen LogP contribution is -2.07. The maximum atomic E-state index is 5.82. The first kappa shape index (κ1) is 14.7. The Morgan fingerprint density at radius 3 is 2.55 bits per heavy atom. The van der Waals surface area contributed by atoms with Crippen molar-refractivity contribution in [3.63, 3.8) is 0 Å². The molecule has 6 heteroatoms. The standard InChI is InChI=1S/C14H20N4OS/c1-4-19-12-7-5-11(6-8-12)9-20-14-17-16-13(15)18(14)10(2)3/h5-8,10H,4,9H2,1-3H3,(H2,15,16). The summed E-state index contributed by atoms with van der Waals surface area (Å²) >= 11 is 1.64. The molecule has 0 unspecified atom stereocenters. The molecule has 1 aromatic carbocycles. The minimum Gasteiger partial charge on any atom is -0.494 e. The van der Waals surface area contributed by atoms with E-state index in [4.69, 9.17) is 10.5 Å². The second-order valence-corrected chi connectivity index (χ2v) is 5.61. The van der Waals surface area contributed by atoms with E-state index in [1.165, 1.54) is 5.56 Å². The molecule has 108 valence electrons. The van der Waals surface area contributed by atoms with Gasteiger partial charge in [0.2, 0.25) is 5.95 Å². The zero-order valence-corrected chi connectivity index (χ0v) is 12.9. The fourth-order valence-corrected chi connectivity index (χ4v) is 2.90. The van der Waals surface area contributed by atoms with E-state index in [9.17, 15) is 0 Å². The van der Waals surface area contributed by atoms with E-state index >= 15 is 0 Å². The van der Waals surface area contributed by atoms with Crippen LogP contribution in [0.4, 0.5) is 5.95 Å². The summed E-state index contributed by atoms with van der Waals surface area (Å²) in [6.07, 6.45) is 0. The minimum atomic E-state index is 0.257. The van der Waals surface area contributed by atoms with Gasteiger partial charge in [-0.1, -0.05) is 23.9 Å². The topological polar surface area (TPSA) is 66.0 Å². The van der Waals surface area contributed by atoms with Gasteiger partial charge in [-0.15, -0.1) is 10.2 Å². The van der Waals surface area contributed by atoms with Gasteiger partial charge in [-0.05, 0) is 38.5 Å². The van der Waals surface area contributed by atoms with Crippen molar-refractivity contribution in [2.45, 2.75) is 37.7 Å². The Morgan fingerprint density at radius 2 is 1.95 bits per heavy atom.